The third-order valence-electron chi connectivity index (χ3n) is 3.91. The van der Waals surface area contributed by atoms with Crippen LogP contribution in [0.15, 0.2) is 18.2 Å². The average Bonchev–Trinajstić information content (AvgIpc) is 2.36. The molecule has 0 spiro atoms. The maximum Gasteiger partial charge on any atom is 0.142 e. The van der Waals surface area contributed by atoms with Gasteiger partial charge < -0.3 is 15.0 Å². The van der Waals surface area contributed by atoms with Crippen molar-refractivity contribution in [3.63, 3.8) is 0 Å². The lowest BCUT2D eigenvalue weighted by atomic mass is 10.1. The molecule has 1 aromatic carbocycles. The highest BCUT2D eigenvalue weighted by atomic mass is 16.5. The Labute approximate surface area is 116 Å². The van der Waals surface area contributed by atoms with Crippen LogP contribution in [0.3, 0.4) is 0 Å². The Balaban J connectivity index is 2.21. The van der Waals surface area contributed by atoms with Crippen LogP contribution in [0.4, 0.5) is 5.69 Å². The molecule has 1 heterocycles. The molecule has 0 aliphatic carbocycles. The van der Waals surface area contributed by atoms with Crippen molar-refractivity contribution in [3.05, 3.63) is 23.8 Å². The summed E-state index contributed by atoms with van der Waals surface area (Å²) in [5, 5.41) is 3.64. The number of ether oxygens (including phenoxy) is 1. The van der Waals surface area contributed by atoms with Gasteiger partial charge in [-0.15, -0.1) is 0 Å². The summed E-state index contributed by atoms with van der Waals surface area (Å²) in [4.78, 5) is 2.47. The molecule has 1 N–H and O–H groups in total. The van der Waals surface area contributed by atoms with Crippen LogP contribution in [0.25, 0.3) is 0 Å². The molecule has 0 saturated carbocycles. The predicted molar refractivity (Wildman–Crippen MR) is 81.2 cm³/mol. The molecular formula is C16H26N2O. The molecular weight excluding hydrogens is 236 g/mol. The zero-order valence-corrected chi connectivity index (χ0v) is 12.6. The third-order valence-corrected chi connectivity index (χ3v) is 3.91. The summed E-state index contributed by atoms with van der Waals surface area (Å²) in [5.41, 5.74) is 2.53. The van der Waals surface area contributed by atoms with E-state index in [0.717, 1.165) is 18.8 Å². The molecule has 1 fully saturated rings. The first kappa shape index (κ1) is 14.2. The summed E-state index contributed by atoms with van der Waals surface area (Å²) in [6.45, 7) is 8.85. The maximum absolute atomic E-state index is 5.52. The van der Waals surface area contributed by atoms with Crippen molar-refractivity contribution >= 4 is 5.69 Å². The molecule has 2 unspecified atom stereocenters. The van der Waals surface area contributed by atoms with E-state index in [0.29, 0.717) is 12.1 Å². The van der Waals surface area contributed by atoms with Crippen molar-refractivity contribution in [2.24, 2.45) is 0 Å². The van der Waals surface area contributed by atoms with Gasteiger partial charge in [-0.3, -0.25) is 0 Å². The lowest BCUT2D eigenvalue weighted by Gasteiger charge is -2.33. The number of methoxy groups -OCH3 is 1. The van der Waals surface area contributed by atoms with Gasteiger partial charge in [0.15, 0.2) is 0 Å². The van der Waals surface area contributed by atoms with E-state index in [1.807, 2.05) is 0 Å². The van der Waals surface area contributed by atoms with E-state index in [9.17, 15) is 0 Å². The summed E-state index contributed by atoms with van der Waals surface area (Å²) in [5.74, 6) is 0.986. The predicted octanol–water partition coefficient (Wildman–Crippen LogP) is 2.97. The van der Waals surface area contributed by atoms with E-state index in [1.54, 1.807) is 7.11 Å². The van der Waals surface area contributed by atoms with Crippen LogP contribution in [-0.4, -0.2) is 32.3 Å². The molecule has 0 aromatic heterocycles. The Hall–Kier alpha value is -1.22. The van der Waals surface area contributed by atoms with Gasteiger partial charge in [0.2, 0.25) is 0 Å². The van der Waals surface area contributed by atoms with E-state index in [-0.39, 0.29) is 0 Å². The summed E-state index contributed by atoms with van der Waals surface area (Å²) < 4.78 is 5.52. The highest BCUT2D eigenvalue weighted by Crippen LogP contribution is 2.30. The topological polar surface area (TPSA) is 24.5 Å². The number of nitrogens with one attached hydrogen (secondary N) is 1. The first-order chi connectivity index (χ1) is 9.10. The van der Waals surface area contributed by atoms with Gasteiger partial charge in [0.05, 0.1) is 12.8 Å². The van der Waals surface area contributed by atoms with E-state index >= 15 is 0 Å². The largest absolute Gasteiger partial charge is 0.495 e. The van der Waals surface area contributed by atoms with Crippen LogP contribution >= 0.6 is 0 Å². The molecule has 1 aliphatic heterocycles. The lowest BCUT2D eigenvalue weighted by Crippen LogP contribution is -2.43. The van der Waals surface area contributed by atoms with Crippen molar-refractivity contribution in [1.29, 1.82) is 0 Å². The molecule has 0 bridgehead atoms. The highest BCUT2D eigenvalue weighted by molar-refractivity contribution is 5.60. The Morgan fingerprint density at radius 1 is 1.16 bits per heavy atom. The van der Waals surface area contributed by atoms with Crippen LogP contribution in [0.1, 0.15) is 32.3 Å². The summed E-state index contributed by atoms with van der Waals surface area (Å²) >= 11 is 0. The van der Waals surface area contributed by atoms with Crippen LogP contribution in [0.5, 0.6) is 5.75 Å². The van der Waals surface area contributed by atoms with Gasteiger partial charge in [0.25, 0.3) is 0 Å². The normalized spacial score (nSPS) is 24.7. The molecule has 2 atom stereocenters. The molecule has 1 aromatic rings. The first-order valence-electron chi connectivity index (χ1n) is 7.26. The number of hydrogen-bond acceptors (Lipinski definition) is 3. The maximum atomic E-state index is 5.52. The van der Waals surface area contributed by atoms with Crippen molar-refractivity contribution in [2.45, 2.75) is 45.7 Å². The van der Waals surface area contributed by atoms with Crippen molar-refractivity contribution in [2.75, 3.05) is 25.1 Å². The fraction of sp³-hybridized carbons (Fsp3) is 0.625. The zero-order chi connectivity index (χ0) is 13.8. The van der Waals surface area contributed by atoms with E-state index < -0.39 is 0 Å². The van der Waals surface area contributed by atoms with Gasteiger partial charge >= 0.3 is 0 Å². The monoisotopic (exact) mass is 262 g/mol. The minimum Gasteiger partial charge on any atom is -0.495 e. The van der Waals surface area contributed by atoms with Crippen molar-refractivity contribution < 1.29 is 4.74 Å². The number of anilines is 1. The average molecular weight is 262 g/mol. The lowest BCUT2D eigenvalue weighted by molar-refractivity contribution is 0.394. The second kappa shape index (κ2) is 6.29. The molecule has 3 nitrogen and oxygen atoms in total. The molecule has 106 valence electrons. The summed E-state index contributed by atoms with van der Waals surface area (Å²) in [6, 6.07) is 7.58. The smallest absolute Gasteiger partial charge is 0.142 e. The summed E-state index contributed by atoms with van der Waals surface area (Å²) in [6.07, 6.45) is 2.34. The van der Waals surface area contributed by atoms with Gasteiger partial charge in [-0.1, -0.05) is 6.07 Å². The standard InChI is InChI=1S/C16H26N2O/c1-12-5-6-16(19-4)15(11-12)18-9-7-13(2)17-14(3)8-10-18/h5-6,11,13-14,17H,7-10H2,1-4H3. The number of nitrogens with zero attached hydrogens (tertiary/aromatic N) is 1. The van der Waals surface area contributed by atoms with Crippen LogP contribution in [-0.2, 0) is 0 Å². The molecule has 19 heavy (non-hydrogen) atoms. The Morgan fingerprint density at radius 3 is 2.37 bits per heavy atom. The minimum atomic E-state index is 0.577. The van der Waals surface area contributed by atoms with Gasteiger partial charge in [-0.05, 0) is 51.3 Å². The van der Waals surface area contributed by atoms with Crippen LogP contribution < -0.4 is 15.0 Å². The fourth-order valence-corrected chi connectivity index (χ4v) is 2.75. The Bertz CT molecular complexity index is 407. The van der Waals surface area contributed by atoms with Crippen molar-refractivity contribution in [1.82, 2.24) is 5.32 Å². The zero-order valence-electron chi connectivity index (χ0n) is 12.6. The molecule has 0 amide bonds. The first-order valence-corrected chi connectivity index (χ1v) is 7.26. The highest BCUT2D eigenvalue weighted by Gasteiger charge is 2.18. The Morgan fingerprint density at radius 2 is 1.79 bits per heavy atom. The molecule has 2 rings (SSSR count). The Kier molecular flexibility index (Phi) is 4.70. The number of hydrogen-bond donors (Lipinski definition) is 1. The van der Waals surface area contributed by atoms with Gasteiger partial charge in [-0.2, -0.15) is 0 Å². The summed E-state index contributed by atoms with van der Waals surface area (Å²) in [7, 11) is 1.75. The second-order valence-electron chi connectivity index (χ2n) is 5.71. The van der Waals surface area contributed by atoms with Gasteiger partial charge in [-0.25, -0.2) is 0 Å². The van der Waals surface area contributed by atoms with Gasteiger partial charge in [0.1, 0.15) is 5.75 Å². The van der Waals surface area contributed by atoms with Crippen molar-refractivity contribution in [3.8, 4) is 5.75 Å². The number of aryl methyl sites for hydroxylation is 1. The van der Waals surface area contributed by atoms with E-state index in [2.05, 4.69) is 49.2 Å². The minimum absolute atomic E-state index is 0.577. The quantitative estimate of drug-likeness (QED) is 0.887. The third kappa shape index (κ3) is 3.63. The van der Waals surface area contributed by atoms with Crippen LogP contribution in [0.2, 0.25) is 0 Å². The molecule has 3 heteroatoms. The molecule has 0 radical (unpaired) electrons. The second-order valence-corrected chi connectivity index (χ2v) is 5.71. The SMILES string of the molecule is COc1ccc(C)cc1N1CCC(C)NC(C)CC1. The van der Waals surface area contributed by atoms with Gasteiger partial charge in [0, 0.05) is 25.2 Å². The fourth-order valence-electron chi connectivity index (χ4n) is 2.75. The number of rotatable bonds is 2. The molecule has 1 saturated heterocycles. The van der Waals surface area contributed by atoms with E-state index in [4.69, 9.17) is 4.74 Å². The van der Waals surface area contributed by atoms with E-state index in [1.165, 1.54) is 24.1 Å². The number of benzene rings is 1. The van der Waals surface area contributed by atoms with Crippen LogP contribution in [0, 0.1) is 6.92 Å². The molecule has 1 aliphatic rings.